The molecule has 0 aliphatic heterocycles. The first kappa shape index (κ1) is 27.6. The summed E-state index contributed by atoms with van der Waals surface area (Å²) in [5.41, 5.74) is 9.00. The maximum Gasteiger partial charge on any atom is 0.164 e. The average Bonchev–Trinajstić information content (AvgIpc) is 3.14. The standard InChI is InChI=1S/C43H31N3/c1-2-41-44-42(46-43(45-41)40-24-11-10-23-39(40)38-25-13-17-30-16-6-7-20-33(30)38)32-19-12-18-31(28-32)35-27-26-34(29-14-4-3-5-15-29)36-21-8-9-22-37(35)36/h3-28H,2H2,1H3. The van der Waals surface area contributed by atoms with Crippen LogP contribution in [0.2, 0.25) is 0 Å². The Hall–Kier alpha value is -5.93. The van der Waals surface area contributed by atoms with Crippen molar-refractivity contribution in [2.45, 2.75) is 13.3 Å². The van der Waals surface area contributed by atoms with Crippen LogP contribution in [0.3, 0.4) is 0 Å². The van der Waals surface area contributed by atoms with Gasteiger partial charge in [-0.05, 0) is 61.0 Å². The van der Waals surface area contributed by atoms with Crippen molar-refractivity contribution in [2.75, 3.05) is 0 Å². The molecule has 3 heteroatoms. The average molecular weight is 590 g/mol. The zero-order chi connectivity index (χ0) is 30.9. The molecule has 0 saturated carbocycles. The maximum absolute atomic E-state index is 5.12. The number of benzene rings is 7. The van der Waals surface area contributed by atoms with Gasteiger partial charge in [0.05, 0.1) is 0 Å². The SMILES string of the molecule is CCc1nc(-c2cccc(-c3ccc(-c4ccccc4)c4ccccc34)c2)nc(-c2ccccc2-c2cccc3ccccc23)n1. The normalized spacial score (nSPS) is 11.2. The topological polar surface area (TPSA) is 38.7 Å². The second-order valence-electron chi connectivity index (χ2n) is 11.5. The fourth-order valence-electron chi connectivity index (χ4n) is 6.45. The van der Waals surface area contributed by atoms with E-state index in [2.05, 4.69) is 165 Å². The Morgan fingerprint density at radius 3 is 1.70 bits per heavy atom. The summed E-state index contributed by atoms with van der Waals surface area (Å²) in [6, 6.07) is 55.7. The number of rotatable bonds is 6. The lowest BCUT2D eigenvalue weighted by molar-refractivity contribution is 0.910. The largest absolute Gasteiger partial charge is 0.213 e. The molecule has 0 spiro atoms. The lowest BCUT2D eigenvalue weighted by atomic mass is 9.91. The van der Waals surface area contributed by atoms with Gasteiger partial charge >= 0.3 is 0 Å². The molecule has 0 aliphatic carbocycles. The number of aromatic nitrogens is 3. The van der Waals surface area contributed by atoms with Crippen LogP contribution >= 0.6 is 0 Å². The number of aryl methyl sites for hydroxylation is 1. The summed E-state index contributed by atoms with van der Waals surface area (Å²) in [4.78, 5) is 15.0. The molecule has 218 valence electrons. The second kappa shape index (κ2) is 11.9. The molecule has 3 nitrogen and oxygen atoms in total. The Morgan fingerprint density at radius 2 is 0.913 bits per heavy atom. The van der Waals surface area contributed by atoms with E-state index >= 15 is 0 Å². The summed E-state index contributed by atoms with van der Waals surface area (Å²) in [7, 11) is 0. The van der Waals surface area contributed by atoms with Gasteiger partial charge in [-0.15, -0.1) is 0 Å². The molecule has 1 heterocycles. The van der Waals surface area contributed by atoms with Gasteiger partial charge in [-0.1, -0.05) is 159 Å². The second-order valence-corrected chi connectivity index (χ2v) is 11.5. The lowest BCUT2D eigenvalue weighted by Gasteiger charge is -2.14. The summed E-state index contributed by atoms with van der Waals surface area (Å²) in [6.07, 6.45) is 0.713. The molecule has 46 heavy (non-hydrogen) atoms. The molecule has 0 bridgehead atoms. The van der Waals surface area contributed by atoms with E-state index in [-0.39, 0.29) is 0 Å². The van der Waals surface area contributed by atoms with E-state index in [4.69, 9.17) is 15.0 Å². The fraction of sp³-hybridized carbons (Fsp3) is 0.0465. The molecule has 1 aromatic heterocycles. The molecule has 8 aromatic rings. The highest BCUT2D eigenvalue weighted by atomic mass is 15.0. The molecule has 0 N–H and O–H groups in total. The van der Waals surface area contributed by atoms with Crippen molar-refractivity contribution in [1.82, 2.24) is 15.0 Å². The minimum atomic E-state index is 0.682. The molecular formula is C43H31N3. The predicted octanol–water partition coefficient (Wildman–Crippen LogP) is 11.1. The van der Waals surface area contributed by atoms with Crippen LogP contribution in [0.15, 0.2) is 158 Å². The Morgan fingerprint density at radius 1 is 0.370 bits per heavy atom. The van der Waals surface area contributed by atoms with Gasteiger partial charge in [-0.25, -0.2) is 15.0 Å². The summed E-state index contributed by atoms with van der Waals surface area (Å²) < 4.78 is 0. The van der Waals surface area contributed by atoms with E-state index in [1.807, 2.05) is 0 Å². The van der Waals surface area contributed by atoms with E-state index in [1.165, 1.54) is 43.8 Å². The van der Waals surface area contributed by atoms with E-state index in [0.29, 0.717) is 18.1 Å². The summed E-state index contributed by atoms with van der Waals surface area (Å²) in [5, 5.41) is 4.87. The van der Waals surface area contributed by atoms with Crippen molar-refractivity contribution in [2.24, 2.45) is 0 Å². The Labute approximate surface area is 268 Å². The van der Waals surface area contributed by atoms with Gasteiger partial charge in [0.2, 0.25) is 0 Å². The van der Waals surface area contributed by atoms with Crippen LogP contribution in [0.5, 0.6) is 0 Å². The minimum absolute atomic E-state index is 0.682. The molecular weight excluding hydrogens is 558 g/mol. The lowest BCUT2D eigenvalue weighted by Crippen LogP contribution is -2.03. The molecule has 0 saturated heterocycles. The molecule has 7 aromatic carbocycles. The molecule has 0 aliphatic rings. The molecule has 0 unspecified atom stereocenters. The minimum Gasteiger partial charge on any atom is -0.213 e. The smallest absolute Gasteiger partial charge is 0.164 e. The first-order valence-electron chi connectivity index (χ1n) is 15.8. The van der Waals surface area contributed by atoms with Crippen LogP contribution in [0.4, 0.5) is 0 Å². The van der Waals surface area contributed by atoms with Crippen LogP contribution in [0.1, 0.15) is 12.7 Å². The molecule has 0 fully saturated rings. The van der Waals surface area contributed by atoms with Gasteiger partial charge in [-0.3, -0.25) is 0 Å². The molecule has 0 amide bonds. The fourth-order valence-corrected chi connectivity index (χ4v) is 6.45. The Bertz CT molecular complexity index is 2350. The maximum atomic E-state index is 5.12. The third kappa shape index (κ3) is 5.02. The van der Waals surface area contributed by atoms with Crippen molar-refractivity contribution >= 4 is 21.5 Å². The number of fused-ring (bicyclic) bond motifs is 2. The Kier molecular flexibility index (Phi) is 7.12. The molecule has 0 radical (unpaired) electrons. The summed E-state index contributed by atoms with van der Waals surface area (Å²) in [5.74, 6) is 2.14. The summed E-state index contributed by atoms with van der Waals surface area (Å²) in [6.45, 7) is 2.09. The van der Waals surface area contributed by atoms with Crippen molar-refractivity contribution in [3.05, 3.63) is 164 Å². The van der Waals surface area contributed by atoms with Gasteiger partial charge in [0.15, 0.2) is 11.6 Å². The third-order valence-corrected chi connectivity index (χ3v) is 8.69. The van der Waals surface area contributed by atoms with Crippen molar-refractivity contribution in [3.63, 3.8) is 0 Å². The third-order valence-electron chi connectivity index (χ3n) is 8.69. The van der Waals surface area contributed by atoms with E-state index in [0.717, 1.165) is 28.1 Å². The van der Waals surface area contributed by atoms with E-state index in [1.54, 1.807) is 0 Å². The van der Waals surface area contributed by atoms with Gasteiger partial charge in [-0.2, -0.15) is 0 Å². The monoisotopic (exact) mass is 589 g/mol. The van der Waals surface area contributed by atoms with E-state index in [9.17, 15) is 0 Å². The zero-order valence-corrected chi connectivity index (χ0v) is 25.6. The van der Waals surface area contributed by atoms with Crippen LogP contribution < -0.4 is 0 Å². The highest BCUT2D eigenvalue weighted by Crippen LogP contribution is 2.38. The van der Waals surface area contributed by atoms with Gasteiger partial charge in [0.1, 0.15) is 5.82 Å². The number of nitrogens with zero attached hydrogens (tertiary/aromatic N) is 3. The van der Waals surface area contributed by atoms with E-state index < -0.39 is 0 Å². The molecule has 0 atom stereocenters. The predicted molar refractivity (Wildman–Crippen MR) is 191 cm³/mol. The van der Waals surface area contributed by atoms with Crippen LogP contribution in [0.25, 0.3) is 77.7 Å². The summed E-state index contributed by atoms with van der Waals surface area (Å²) >= 11 is 0. The first-order valence-corrected chi connectivity index (χ1v) is 15.8. The number of hydrogen-bond acceptors (Lipinski definition) is 3. The Balaban J connectivity index is 1.25. The number of hydrogen-bond donors (Lipinski definition) is 0. The van der Waals surface area contributed by atoms with Crippen molar-refractivity contribution in [3.8, 4) is 56.2 Å². The van der Waals surface area contributed by atoms with Gasteiger partial charge in [0, 0.05) is 17.5 Å². The van der Waals surface area contributed by atoms with Gasteiger partial charge in [0.25, 0.3) is 0 Å². The highest BCUT2D eigenvalue weighted by molar-refractivity contribution is 6.05. The van der Waals surface area contributed by atoms with Gasteiger partial charge < -0.3 is 0 Å². The van der Waals surface area contributed by atoms with Crippen molar-refractivity contribution in [1.29, 1.82) is 0 Å². The quantitative estimate of drug-likeness (QED) is 0.194. The van der Waals surface area contributed by atoms with Crippen molar-refractivity contribution < 1.29 is 0 Å². The molecule has 8 rings (SSSR count). The van der Waals surface area contributed by atoms with Crippen LogP contribution in [-0.2, 0) is 6.42 Å². The van der Waals surface area contributed by atoms with Crippen LogP contribution in [-0.4, -0.2) is 15.0 Å². The van der Waals surface area contributed by atoms with Crippen LogP contribution in [0, 0.1) is 0 Å². The zero-order valence-electron chi connectivity index (χ0n) is 25.6. The first-order chi connectivity index (χ1) is 22.8. The highest BCUT2D eigenvalue weighted by Gasteiger charge is 2.16.